The molecule has 0 spiro atoms. The van der Waals surface area contributed by atoms with Crippen molar-refractivity contribution in [3.63, 3.8) is 0 Å². The van der Waals surface area contributed by atoms with Crippen LogP contribution in [0.4, 0.5) is 0 Å². The molecule has 1 fully saturated rings. The molecule has 0 radical (unpaired) electrons. The number of pyridine rings is 1. The third-order valence-electron chi connectivity index (χ3n) is 3.99. The molecule has 1 aromatic carbocycles. The fourth-order valence-corrected chi connectivity index (χ4v) is 2.79. The third-order valence-corrected chi connectivity index (χ3v) is 4.37. The van der Waals surface area contributed by atoms with Gasteiger partial charge < -0.3 is 0 Å². The summed E-state index contributed by atoms with van der Waals surface area (Å²) in [7, 11) is 0. The summed E-state index contributed by atoms with van der Waals surface area (Å²) in [6, 6.07) is 7.79. The zero-order valence-corrected chi connectivity index (χ0v) is 13.5. The summed E-state index contributed by atoms with van der Waals surface area (Å²) in [5.74, 6) is 6.99. The molecule has 1 aliphatic carbocycles. The number of hydrogen-bond donors (Lipinski definition) is 0. The molecule has 23 heavy (non-hydrogen) atoms. The van der Waals surface area contributed by atoms with E-state index in [9.17, 15) is 0 Å². The van der Waals surface area contributed by atoms with Crippen molar-refractivity contribution in [1.29, 1.82) is 0 Å². The Hall–Kier alpha value is -2.38. The van der Waals surface area contributed by atoms with Gasteiger partial charge in [-0.2, -0.15) is 0 Å². The minimum Gasteiger partial charge on any atom is -0.262 e. The van der Waals surface area contributed by atoms with Gasteiger partial charge in [-0.3, -0.25) is 4.98 Å². The maximum Gasteiger partial charge on any atom is 0.133 e. The van der Waals surface area contributed by atoms with E-state index in [1.165, 1.54) is 12.8 Å². The zero-order valence-electron chi connectivity index (χ0n) is 12.8. The highest BCUT2D eigenvalue weighted by Gasteiger charge is 2.23. The first kappa shape index (κ1) is 14.2. The SMILES string of the molecule is Cc1cc(C#Cc2ccc3c(nnn3CC3CC3)c2Cl)ccn1. The van der Waals surface area contributed by atoms with Crippen molar-refractivity contribution in [2.45, 2.75) is 26.3 Å². The monoisotopic (exact) mass is 322 g/mol. The first-order valence-corrected chi connectivity index (χ1v) is 8.05. The van der Waals surface area contributed by atoms with Crippen LogP contribution >= 0.6 is 11.6 Å². The van der Waals surface area contributed by atoms with E-state index in [-0.39, 0.29) is 0 Å². The molecule has 4 nitrogen and oxygen atoms in total. The molecular formula is C18H15ClN4. The third kappa shape index (κ3) is 2.93. The standard InChI is InChI=1S/C18H15ClN4/c1-12-10-13(8-9-20-12)4-5-15-6-7-16-18(17(15)19)21-22-23(16)11-14-2-3-14/h6-10,14H,2-3,11H2,1H3. The van der Waals surface area contributed by atoms with E-state index in [0.29, 0.717) is 5.02 Å². The highest BCUT2D eigenvalue weighted by molar-refractivity contribution is 6.36. The van der Waals surface area contributed by atoms with Crippen LogP contribution in [0.2, 0.25) is 5.02 Å². The van der Waals surface area contributed by atoms with Crippen LogP contribution in [0, 0.1) is 24.7 Å². The number of rotatable bonds is 2. The number of nitrogens with zero attached hydrogens (tertiary/aromatic N) is 4. The second-order valence-electron chi connectivity index (χ2n) is 5.95. The molecule has 1 aliphatic rings. The lowest BCUT2D eigenvalue weighted by Gasteiger charge is -2.01. The normalized spacial score (nSPS) is 13.8. The Morgan fingerprint density at radius 1 is 1.26 bits per heavy atom. The van der Waals surface area contributed by atoms with Gasteiger partial charge in [0, 0.05) is 29.6 Å². The number of fused-ring (bicyclic) bond motifs is 1. The molecule has 2 heterocycles. The fraction of sp³-hybridized carbons (Fsp3) is 0.278. The van der Waals surface area contributed by atoms with Crippen molar-refractivity contribution < 1.29 is 0 Å². The van der Waals surface area contributed by atoms with E-state index in [0.717, 1.165) is 40.3 Å². The van der Waals surface area contributed by atoms with Crippen LogP contribution in [-0.4, -0.2) is 20.0 Å². The predicted molar refractivity (Wildman–Crippen MR) is 90.2 cm³/mol. The van der Waals surface area contributed by atoms with E-state index in [4.69, 9.17) is 11.6 Å². The lowest BCUT2D eigenvalue weighted by Crippen LogP contribution is -2.01. The number of aryl methyl sites for hydroxylation is 1. The first-order valence-electron chi connectivity index (χ1n) is 7.67. The van der Waals surface area contributed by atoms with Gasteiger partial charge in [-0.15, -0.1) is 5.10 Å². The van der Waals surface area contributed by atoms with Crippen molar-refractivity contribution in [2.24, 2.45) is 5.92 Å². The first-order chi connectivity index (χ1) is 11.2. The molecule has 0 saturated heterocycles. The van der Waals surface area contributed by atoms with E-state index in [2.05, 4.69) is 27.1 Å². The number of halogens is 1. The van der Waals surface area contributed by atoms with Crippen molar-refractivity contribution >= 4 is 22.6 Å². The van der Waals surface area contributed by atoms with Crippen LogP contribution in [-0.2, 0) is 6.54 Å². The van der Waals surface area contributed by atoms with Gasteiger partial charge in [-0.05, 0) is 49.9 Å². The van der Waals surface area contributed by atoms with Crippen LogP contribution in [0.3, 0.4) is 0 Å². The largest absolute Gasteiger partial charge is 0.262 e. The Labute approximate surface area is 139 Å². The van der Waals surface area contributed by atoms with Crippen molar-refractivity contribution in [3.8, 4) is 11.8 Å². The molecule has 0 N–H and O–H groups in total. The van der Waals surface area contributed by atoms with E-state index in [1.54, 1.807) is 6.20 Å². The Morgan fingerprint density at radius 3 is 2.91 bits per heavy atom. The summed E-state index contributed by atoms with van der Waals surface area (Å²) in [6.45, 7) is 2.87. The van der Waals surface area contributed by atoms with Crippen LogP contribution < -0.4 is 0 Å². The molecular weight excluding hydrogens is 308 g/mol. The fourth-order valence-electron chi connectivity index (χ4n) is 2.54. The molecule has 2 aromatic heterocycles. The predicted octanol–water partition coefficient (Wildman–Crippen LogP) is 3.60. The van der Waals surface area contributed by atoms with Crippen LogP contribution in [0.15, 0.2) is 30.5 Å². The van der Waals surface area contributed by atoms with Crippen LogP contribution in [0.1, 0.15) is 29.7 Å². The average molecular weight is 323 g/mol. The van der Waals surface area contributed by atoms with Gasteiger partial charge in [0.1, 0.15) is 5.52 Å². The maximum atomic E-state index is 6.47. The van der Waals surface area contributed by atoms with Gasteiger partial charge in [0.25, 0.3) is 0 Å². The van der Waals surface area contributed by atoms with E-state index >= 15 is 0 Å². The number of aromatic nitrogens is 4. The molecule has 1 saturated carbocycles. The minimum absolute atomic E-state index is 0.572. The van der Waals surface area contributed by atoms with Crippen molar-refractivity contribution in [3.05, 3.63) is 52.3 Å². The number of hydrogen-bond acceptors (Lipinski definition) is 3. The van der Waals surface area contributed by atoms with E-state index < -0.39 is 0 Å². The highest BCUT2D eigenvalue weighted by atomic mass is 35.5. The van der Waals surface area contributed by atoms with Gasteiger partial charge in [-0.1, -0.05) is 28.7 Å². The molecule has 4 rings (SSSR count). The van der Waals surface area contributed by atoms with Gasteiger partial charge in [0.2, 0.25) is 0 Å². The summed E-state index contributed by atoms with van der Waals surface area (Å²) in [4.78, 5) is 4.17. The summed E-state index contributed by atoms with van der Waals surface area (Å²) in [5.41, 5.74) is 4.34. The van der Waals surface area contributed by atoms with Crippen LogP contribution in [0.25, 0.3) is 11.0 Å². The maximum absolute atomic E-state index is 6.47. The van der Waals surface area contributed by atoms with Gasteiger partial charge >= 0.3 is 0 Å². The zero-order chi connectivity index (χ0) is 15.8. The Bertz CT molecular complexity index is 945. The second-order valence-corrected chi connectivity index (χ2v) is 6.32. The molecule has 0 bridgehead atoms. The molecule has 3 aromatic rings. The molecule has 114 valence electrons. The topological polar surface area (TPSA) is 43.6 Å². The minimum atomic E-state index is 0.572. The average Bonchev–Trinajstić information content (AvgIpc) is 3.26. The quantitative estimate of drug-likeness (QED) is 0.677. The second kappa shape index (κ2) is 5.68. The summed E-state index contributed by atoms with van der Waals surface area (Å²) in [6.07, 6.45) is 4.32. The summed E-state index contributed by atoms with van der Waals surface area (Å²) in [5, 5.41) is 9.04. The van der Waals surface area contributed by atoms with Crippen LogP contribution in [0.5, 0.6) is 0 Å². The number of benzene rings is 1. The molecule has 0 aliphatic heterocycles. The smallest absolute Gasteiger partial charge is 0.133 e. The highest BCUT2D eigenvalue weighted by Crippen LogP contribution is 2.32. The Balaban J connectivity index is 1.70. The Kier molecular flexibility index (Phi) is 3.51. The molecule has 0 amide bonds. The van der Waals surface area contributed by atoms with E-state index in [1.807, 2.05) is 35.9 Å². The Morgan fingerprint density at radius 2 is 2.13 bits per heavy atom. The molecule has 0 atom stereocenters. The van der Waals surface area contributed by atoms with Crippen molar-refractivity contribution in [2.75, 3.05) is 0 Å². The van der Waals surface area contributed by atoms with Gasteiger partial charge in [-0.25, -0.2) is 4.68 Å². The molecule has 5 heteroatoms. The summed E-state index contributed by atoms with van der Waals surface area (Å²) >= 11 is 6.47. The van der Waals surface area contributed by atoms with Gasteiger partial charge in [0.15, 0.2) is 0 Å². The molecule has 0 unspecified atom stereocenters. The van der Waals surface area contributed by atoms with Gasteiger partial charge in [0.05, 0.1) is 10.5 Å². The van der Waals surface area contributed by atoms with Crippen molar-refractivity contribution in [1.82, 2.24) is 20.0 Å². The lowest BCUT2D eigenvalue weighted by molar-refractivity contribution is 0.559. The summed E-state index contributed by atoms with van der Waals surface area (Å²) < 4.78 is 1.95. The lowest BCUT2D eigenvalue weighted by atomic mass is 10.1.